The van der Waals surface area contributed by atoms with Crippen LogP contribution in [-0.2, 0) is 38.8 Å². The number of fused-ring (bicyclic) bond motifs is 1. The van der Waals surface area contributed by atoms with Gasteiger partial charge in [-0.2, -0.15) is 4.31 Å². The van der Waals surface area contributed by atoms with Gasteiger partial charge in [0.2, 0.25) is 5.95 Å². The number of aromatic nitrogens is 4. The molecule has 1 aliphatic rings. The molecular weight excluding hydrogens is 607 g/mol. The van der Waals surface area contributed by atoms with E-state index >= 15 is 0 Å². The second kappa shape index (κ2) is 13.2. The van der Waals surface area contributed by atoms with Crippen molar-refractivity contribution in [1.29, 1.82) is 0 Å². The molecule has 0 aromatic carbocycles. The number of rotatable bonds is 15. The molecule has 0 amide bonds. The van der Waals surface area contributed by atoms with E-state index in [9.17, 15) is 29.1 Å². The Balaban J connectivity index is 1.75. The Kier molecular flexibility index (Phi) is 10.9. The summed E-state index contributed by atoms with van der Waals surface area (Å²) < 4.78 is 43.2. The maximum atomic E-state index is 12.1. The van der Waals surface area contributed by atoms with Gasteiger partial charge >= 0.3 is 22.4 Å². The number of hydrogen-bond donors (Lipinski definition) is 9. The third-order valence-corrected chi connectivity index (χ3v) is 9.73. The van der Waals surface area contributed by atoms with Crippen LogP contribution in [0, 0.1) is 0 Å². The quantitative estimate of drug-likeness (QED) is 0.0871. The molecule has 2 aromatic rings. The van der Waals surface area contributed by atoms with Crippen molar-refractivity contribution in [3.05, 3.63) is 6.33 Å². The van der Waals surface area contributed by atoms with Crippen molar-refractivity contribution in [3.63, 3.8) is 0 Å². The fourth-order valence-corrected chi connectivity index (χ4v) is 7.45. The van der Waals surface area contributed by atoms with Crippen LogP contribution < -0.4 is 16.8 Å². The standard InChI is InChI=1S/C16H30N7O12P3S/c17-5-3-1-2-4-6-19-16-22-10-13(18)20-8-21-14(10)23(16)15-12(25)11(24)9(33-15)7-32-36(26,27)34-37(28,29)35-38(30,31)39/h8-9,11-12,15,24-25H,1-7,17H2,(H,19,22)(H,26,27)(H,28,29)(H2,18,20,21)(H2,30,31,39)/t9-,11?,12+,15-/m1/s1. The van der Waals surface area contributed by atoms with Gasteiger partial charge < -0.3 is 51.3 Å². The third kappa shape index (κ3) is 8.90. The van der Waals surface area contributed by atoms with Crippen LogP contribution in [0.5, 0.6) is 0 Å². The summed E-state index contributed by atoms with van der Waals surface area (Å²) in [6.07, 6.45) is -1.45. The molecule has 0 radical (unpaired) electrons. The topological polar surface area (TPSA) is 300 Å². The van der Waals surface area contributed by atoms with Crippen LogP contribution in [0.2, 0.25) is 0 Å². The van der Waals surface area contributed by atoms with E-state index in [1.54, 1.807) is 0 Å². The fraction of sp³-hybridized carbons (Fsp3) is 0.688. The maximum Gasteiger partial charge on any atom is 0.488 e. The lowest BCUT2D eigenvalue weighted by Gasteiger charge is -2.20. The molecular formula is C16H30N7O12P3S. The van der Waals surface area contributed by atoms with Crippen molar-refractivity contribution < 1.29 is 56.8 Å². The lowest BCUT2D eigenvalue weighted by Crippen LogP contribution is -2.33. The van der Waals surface area contributed by atoms with E-state index in [0.717, 1.165) is 32.0 Å². The molecule has 6 atom stereocenters. The lowest BCUT2D eigenvalue weighted by atomic mass is 10.1. The molecule has 1 aliphatic heterocycles. The number of ether oxygens (including phenoxy) is 1. The van der Waals surface area contributed by atoms with E-state index in [4.69, 9.17) is 26.0 Å². The largest absolute Gasteiger partial charge is 0.488 e. The molecule has 0 aliphatic carbocycles. The number of phosphoric ester groups is 1. The minimum Gasteiger partial charge on any atom is -0.387 e. The zero-order valence-electron chi connectivity index (χ0n) is 20.2. The van der Waals surface area contributed by atoms with Crippen molar-refractivity contribution in [1.82, 2.24) is 19.5 Å². The molecule has 19 nitrogen and oxygen atoms in total. The number of anilines is 2. The first-order chi connectivity index (χ1) is 18.1. The minimum absolute atomic E-state index is 0.0444. The van der Waals surface area contributed by atoms with Gasteiger partial charge in [0.15, 0.2) is 23.2 Å². The highest BCUT2D eigenvalue weighted by Gasteiger charge is 2.47. The van der Waals surface area contributed by atoms with Crippen LogP contribution in [0.25, 0.3) is 11.2 Å². The fourth-order valence-electron chi connectivity index (χ4n) is 3.67. The molecule has 1 fully saturated rings. The Morgan fingerprint density at radius 1 is 1.05 bits per heavy atom. The number of nitrogens with zero attached hydrogens (tertiary/aromatic N) is 4. The van der Waals surface area contributed by atoms with Gasteiger partial charge in [0.25, 0.3) is 0 Å². The van der Waals surface area contributed by atoms with Gasteiger partial charge in [-0.1, -0.05) is 12.8 Å². The molecule has 3 unspecified atom stereocenters. The van der Waals surface area contributed by atoms with Gasteiger partial charge in [0, 0.05) is 6.54 Å². The van der Waals surface area contributed by atoms with Crippen LogP contribution >= 0.6 is 22.4 Å². The predicted octanol–water partition coefficient (Wildman–Crippen LogP) is -0.582. The summed E-state index contributed by atoms with van der Waals surface area (Å²) in [5.74, 6) is 0.232. The van der Waals surface area contributed by atoms with Gasteiger partial charge in [-0.25, -0.2) is 28.4 Å². The summed E-state index contributed by atoms with van der Waals surface area (Å²) >= 11 is 4.02. The van der Waals surface area contributed by atoms with E-state index in [0.29, 0.717) is 13.1 Å². The number of unbranched alkanes of at least 4 members (excludes halogenated alkanes) is 3. The van der Waals surface area contributed by atoms with Gasteiger partial charge in [-0.15, -0.1) is 0 Å². The van der Waals surface area contributed by atoms with Crippen molar-refractivity contribution in [2.45, 2.75) is 50.2 Å². The number of nitrogens with two attached hydrogens (primary N) is 2. The van der Waals surface area contributed by atoms with E-state index in [1.165, 1.54) is 4.57 Å². The van der Waals surface area contributed by atoms with E-state index < -0.39 is 53.5 Å². The first kappa shape index (κ1) is 32.3. The number of hydrogen-bond acceptors (Lipinski definition) is 15. The van der Waals surface area contributed by atoms with E-state index in [-0.39, 0.29) is 22.9 Å². The van der Waals surface area contributed by atoms with Crippen molar-refractivity contribution >= 4 is 57.1 Å². The number of imidazole rings is 1. The smallest absolute Gasteiger partial charge is 0.387 e. The zero-order chi connectivity index (χ0) is 29.0. The molecule has 39 heavy (non-hydrogen) atoms. The molecule has 1 saturated heterocycles. The summed E-state index contributed by atoms with van der Waals surface area (Å²) in [6.45, 7) is -4.60. The molecule has 0 spiro atoms. The SMILES string of the molecule is NCCCCCCNc1nc2c(N)ncnc2n1[C@@H]1O[C@H](COP(=O)(O)OP(=O)(O)OP(O)(O)=S)C(O)[C@@H]1O. The van der Waals surface area contributed by atoms with Gasteiger partial charge in [-0.3, -0.25) is 9.09 Å². The number of aliphatic hydroxyl groups is 2. The highest BCUT2D eigenvalue weighted by atomic mass is 32.5. The number of nitrogen functional groups attached to an aromatic ring is 1. The lowest BCUT2D eigenvalue weighted by molar-refractivity contribution is -0.0493. The van der Waals surface area contributed by atoms with Gasteiger partial charge in [-0.05, 0) is 31.2 Å². The summed E-state index contributed by atoms with van der Waals surface area (Å²) in [4.78, 5) is 49.5. The first-order valence-electron chi connectivity index (χ1n) is 11.4. The molecule has 222 valence electrons. The first-order valence-corrected chi connectivity index (χ1v) is 17.0. The second-order valence-electron chi connectivity index (χ2n) is 8.30. The zero-order valence-corrected chi connectivity index (χ0v) is 23.7. The third-order valence-electron chi connectivity index (χ3n) is 5.33. The molecule has 3 heterocycles. The Bertz CT molecular complexity index is 1280. The molecule has 3 rings (SSSR count). The van der Waals surface area contributed by atoms with Crippen LogP contribution in [0.3, 0.4) is 0 Å². The van der Waals surface area contributed by atoms with Gasteiger partial charge in [0.05, 0.1) is 6.61 Å². The van der Waals surface area contributed by atoms with Crippen LogP contribution in [0.4, 0.5) is 11.8 Å². The summed E-state index contributed by atoms with van der Waals surface area (Å²) in [5, 5.41) is 24.4. The van der Waals surface area contributed by atoms with Crippen LogP contribution in [0.1, 0.15) is 31.9 Å². The van der Waals surface area contributed by atoms with Gasteiger partial charge in [0.1, 0.15) is 24.6 Å². The van der Waals surface area contributed by atoms with E-state index in [1.807, 2.05) is 0 Å². The average Bonchev–Trinajstić information content (AvgIpc) is 3.30. The molecule has 23 heteroatoms. The summed E-state index contributed by atoms with van der Waals surface area (Å²) in [5.41, 5.74) is 11.8. The summed E-state index contributed by atoms with van der Waals surface area (Å²) in [6, 6.07) is 0. The predicted molar refractivity (Wildman–Crippen MR) is 138 cm³/mol. The van der Waals surface area contributed by atoms with Crippen LogP contribution in [0.15, 0.2) is 6.33 Å². The van der Waals surface area contributed by atoms with Crippen LogP contribution in [-0.4, -0.2) is 87.3 Å². The Labute approximate surface area is 226 Å². The minimum atomic E-state index is -5.53. The number of aliphatic hydroxyl groups excluding tert-OH is 2. The molecule has 0 saturated carbocycles. The van der Waals surface area contributed by atoms with E-state index in [2.05, 4.69) is 45.2 Å². The Morgan fingerprint density at radius 3 is 2.41 bits per heavy atom. The number of phosphoric acid groups is 2. The normalized spacial score (nSPS) is 25.0. The molecule has 0 bridgehead atoms. The number of nitrogens with one attached hydrogen (secondary N) is 1. The highest BCUT2D eigenvalue weighted by molar-refractivity contribution is 8.08. The Morgan fingerprint density at radius 2 is 1.74 bits per heavy atom. The summed E-state index contributed by atoms with van der Waals surface area (Å²) in [7, 11) is -10.9. The molecule has 2 aromatic heterocycles. The highest BCUT2D eigenvalue weighted by Crippen LogP contribution is 2.66. The van der Waals surface area contributed by atoms with Crippen molar-refractivity contribution in [2.24, 2.45) is 5.73 Å². The Hall–Kier alpha value is -1.18. The second-order valence-corrected chi connectivity index (χ2v) is 14.1. The maximum absolute atomic E-state index is 12.1. The van der Waals surface area contributed by atoms with Crippen molar-refractivity contribution in [3.8, 4) is 0 Å². The molecule has 11 N–H and O–H groups in total. The average molecular weight is 637 g/mol. The van der Waals surface area contributed by atoms with Crippen molar-refractivity contribution in [2.75, 3.05) is 30.7 Å². The monoisotopic (exact) mass is 637 g/mol.